The van der Waals surface area contributed by atoms with Crippen molar-refractivity contribution >= 4 is 11.6 Å². The molecule has 0 saturated heterocycles. The van der Waals surface area contributed by atoms with Gasteiger partial charge in [0, 0.05) is 5.38 Å². The Labute approximate surface area is 89.1 Å². The minimum atomic E-state index is 0.258. The largest absolute Gasteiger partial charge is 0.122 e. The van der Waals surface area contributed by atoms with Crippen LogP contribution in [0.25, 0.3) is 0 Å². The molecule has 1 heteroatoms. The Hall–Kier alpha value is 0.290. The molecule has 0 rings (SSSR count). The first kappa shape index (κ1) is 13.3. The predicted octanol–water partition coefficient (Wildman–Crippen LogP) is 4.86. The van der Waals surface area contributed by atoms with Gasteiger partial charge in [-0.15, -0.1) is 11.6 Å². The van der Waals surface area contributed by atoms with Crippen molar-refractivity contribution in [3.63, 3.8) is 0 Å². The number of alkyl halides is 1. The molecule has 13 heavy (non-hydrogen) atoms. The molecule has 0 heterocycles. The molecule has 0 aliphatic heterocycles. The van der Waals surface area contributed by atoms with E-state index in [0.717, 1.165) is 12.3 Å². The van der Waals surface area contributed by atoms with E-state index in [4.69, 9.17) is 11.6 Å². The summed E-state index contributed by atoms with van der Waals surface area (Å²) < 4.78 is 0. The van der Waals surface area contributed by atoms with Gasteiger partial charge in [-0.1, -0.05) is 47.5 Å². The Morgan fingerprint density at radius 1 is 1.00 bits per heavy atom. The van der Waals surface area contributed by atoms with Crippen molar-refractivity contribution in [2.45, 2.75) is 65.7 Å². The highest BCUT2D eigenvalue weighted by molar-refractivity contribution is 6.21. The Balaban J connectivity index is 3.75. The second-order valence-corrected chi connectivity index (χ2v) is 5.62. The molecule has 0 bridgehead atoms. The van der Waals surface area contributed by atoms with Gasteiger partial charge in [0.15, 0.2) is 0 Å². The lowest BCUT2D eigenvalue weighted by Gasteiger charge is -2.26. The summed E-state index contributed by atoms with van der Waals surface area (Å²) in [5.74, 6) is 0.878. The van der Waals surface area contributed by atoms with Gasteiger partial charge in [0.05, 0.1) is 0 Å². The van der Waals surface area contributed by atoms with Crippen molar-refractivity contribution in [3.05, 3.63) is 0 Å². The van der Waals surface area contributed by atoms with E-state index in [9.17, 15) is 0 Å². The molecule has 0 radical (unpaired) electrons. The lowest BCUT2D eigenvalue weighted by atomic mass is 9.86. The van der Waals surface area contributed by atoms with Crippen molar-refractivity contribution < 1.29 is 0 Å². The minimum absolute atomic E-state index is 0.258. The highest BCUT2D eigenvalue weighted by atomic mass is 35.5. The van der Waals surface area contributed by atoms with E-state index in [1.54, 1.807) is 0 Å². The molecule has 0 aromatic carbocycles. The molecular formula is C12H25Cl. The summed E-state index contributed by atoms with van der Waals surface area (Å²) in [5, 5.41) is 0.327. The molecule has 0 aliphatic rings. The van der Waals surface area contributed by atoms with Crippen LogP contribution in [-0.4, -0.2) is 5.38 Å². The Bertz CT molecular complexity index is 120. The topological polar surface area (TPSA) is 0 Å². The van der Waals surface area contributed by atoms with Crippen LogP contribution in [0.3, 0.4) is 0 Å². The van der Waals surface area contributed by atoms with Crippen LogP contribution in [0.15, 0.2) is 0 Å². The lowest BCUT2D eigenvalue weighted by Crippen LogP contribution is -2.21. The summed E-state index contributed by atoms with van der Waals surface area (Å²) in [5.41, 5.74) is 0.258. The van der Waals surface area contributed by atoms with Crippen LogP contribution in [0, 0.1) is 11.3 Å². The molecule has 80 valence electrons. The van der Waals surface area contributed by atoms with Gasteiger partial charge in [-0.3, -0.25) is 0 Å². The fourth-order valence-electron chi connectivity index (χ4n) is 1.51. The van der Waals surface area contributed by atoms with Crippen molar-refractivity contribution in [2.75, 3.05) is 0 Å². The Morgan fingerprint density at radius 3 is 1.77 bits per heavy atom. The average molecular weight is 205 g/mol. The Kier molecular flexibility index (Phi) is 6.04. The van der Waals surface area contributed by atoms with Gasteiger partial charge in [0.2, 0.25) is 0 Å². The van der Waals surface area contributed by atoms with Crippen LogP contribution >= 0.6 is 11.6 Å². The molecule has 0 aliphatic carbocycles. The molecule has 0 fully saturated rings. The molecule has 1 atom stereocenters. The van der Waals surface area contributed by atoms with Gasteiger partial charge in [-0.25, -0.2) is 0 Å². The van der Waals surface area contributed by atoms with E-state index in [2.05, 4.69) is 34.6 Å². The van der Waals surface area contributed by atoms with Crippen molar-refractivity contribution in [1.82, 2.24) is 0 Å². The third kappa shape index (κ3) is 5.57. The van der Waals surface area contributed by atoms with Gasteiger partial charge in [-0.2, -0.15) is 0 Å². The summed E-state index contributed by atoms with van der Waals surface area (Å²) in [4.78, 5) is 0. The van der Waals surface area contributed by atoms with E-state index >= 15 is 0 Å². The normalized spacial score (nSPS) is 15.0. The maximum absolute atomic E-state index is 6.31. The summed E-state index contributed by atoms with van der Waals surface area (Å²) >= 11 is 6.31. The maximum atomic E-state index is 6.31. The van der Waals surface area contributed by atoms with Crippen LogP contribution in [0.5, 0.6) is 0 Å². The quantitative estimate of drug-likeness (QED) is 0.562. The zero-order chi connectivity index (χ0) is 10.5. The molecule has 0 spiro atoms. The monoisotopic (exact) mass is 204 g/mol. The standard InChI is InChI=1S/C12H25Cl/c1-6-10(7-2)8-9-11(13)12(3,4)5/h10-11H,6-9H2,1-5H3. The predicted molar refractivity (Wildman–Crippen MR) is 62.4 cm³/mol. The first-order valence-electron chi connectivity index (χ1n) is 5.55. The maximum Gasteiger partial charge on any atom is 0.0384 e. The summed E-state index contributed by atoms with van der Waals surface area (Å²) in [6.45, 7) is 11.2. The molecule has 0 aromatic rings. The zero-order valence-corrected chi connectivity index (χ0v) is 10.6. The van der Waals surface area contributed by atoms with E-state index in [-0.39, 0.29) is 5.41 Å². The smallest absolute Gasteiger partial charge is 0.0384 e. The van der Waals surface area contributed by atoms with E-state index < -0.39 is 0 Å². The van der Waals surface area contributed by atoms with E-state index in [1.807, 2.05) is 0 Å². The Morgan fingerprint density at radius 2 is 1.46 bits per heavy atom. The first-order valence-corrected chi connectivity index (χ1v) is 5.99. The van der Waals surface area contributed by atoms with E-state index in [0.29, 0.717) is 5.38 Å². The summed E-state index contributed by atoms with van der Waals surface area (Å²) in [6, 6.07) is 0. The van der Waals surface area contributed by atoms with Crippen molar-refractivity contribution in [2.24, 2.45) is 11.3 Å². The lowest BCUT2D eigenvalue weighted by molar-refractivity contribution is 0.338. The fourth-order valence-corrected chi connectivity index (χ4v) is 1.64. The number of rotatable bonds is 5. The number of hydrogen-bond donors (Lipinski definition) is 0. The zero-order valence-electron chi connectivity index (χ0n) is 9.86. The highest BCUT2D eigenvalue weighted by Crippen LogP contribution is 2.30. The van der Waals surface area contributed by atoms with Gasteiger partial charge >= 0.3 is 0 Å². The summed E-state index contributed by atoms with van der Waals surface area (Å²) in [7, 11) is 0. The molecule has 0 aromatic heterocycles. The van der Waals surface area contributed by atoms with Crippen molar-refractivity contribution in [1.29, 1.82) is 0 Å². The SMILES string of the molecule is CCC(CC)CCC(Cl)C(C)(C)C. The summed E-state index contributed by atoms with van der Waals surface area (Å²) in [6.07, 6.45) is 5.05. The van der Waals surface area contributed by atoms with Crippen LogP contribution in [0.1, 0.15) is 60.3 Å². The molecule has 0 saturated carbocycles. The number of halogens is 1. The highest BCUT2D eigenvalue weighted by Gasteiger charge is 2.22. The van der Waals surface area contributed by atoms with Gasteiger partial charge in [0.25, 0.3) is 0 Å². The van der Waals surface area contributed by atoms with Crippen LogP contribution < -0.4 is 0 Å². The molecule has 0 nitrogen and oxygen atoms in total. The van der Waals surface area contributed by atoms with Crippen LogP contribution in [0.4, 0.5) is 0 Å². The second kappa shape index (κ2) is 5.90. The molecule has 0 N–H and O–H groups in total. The molecular weight excluding hydrogens is 180 g/mol. The first-order chi connectivity index (χ1) is 5.91. The van der Waals surface area contributed by atoms with Crippen LogP contribution in [-0.2, 0) is 0 Å². The van der Waals surface area contributed by atoms with Crippen molar-refractivity contribution in [3.8, 4) is 0 Å². The number of hydrogen-bond acceptors (Lipinski definition) is 0. The van der Waals surface area contributed by atoms with Gasteiger partial charge in [-0.05, 0) is 24.2 Å². The molecule has 0 amide bonds. The second-order valence-electron chi connectivity index (χ2n) is 5.09. The third-order valence-corrected chi connectivity index (χ3v) is 3.80. The average Bonchev–Trinajstić information content (AvgIpc) is 2.04. The van der Waals surface area contributed by atoms with E-state index in [1.165, 1.54) is 19.3 Å². The molecule has 1 unspecified atom stereocenters. The van der Waals surface area contributed by atoms with Gasteiger partial charge in [0.1, 0.15) is 0 Å². The minimum Gasteiger partial charge on any atom is -0.122 e. The fraction of sp³-hybridized carbons (Fsp3) is 1.00. The van der Waals surface area contributed by atoms with Crippen LogP contribution in [0.2, 0.25) is 0 Å². The van der Waals surface area contributed by atoms with Gasteiger partial charge < -0.3 is 0 Å². The third-order valence-electron chi connectivity index (χ3n) is 2.92.